The average Bonchev–Trinajstić information content (AvgIpc) is 2.35. The minimum absolute atomic E-state index is 0.157. The zero-order chi connectivity index (χ0) is 13.1. The zero-order valence-electron chi connectivity index (χ0n) is 8.96. The van der Waals surface area contributed by atoms with Crippen molar-refractivity contribution < 1.29 is 13.5 Å². The van der Waals surface area contributed by atoms with E-state index >= 15 is 0 Å². The first-order chi connectivity index (χ1) is 8.60. The van der Waals surface area contributed by atoms with Crippen LogP contribution in [0.5, 0.6) is 11.6 Å². The summed E-state index contributed by atoms with van der Waals surface area (Å²) in [5.74, 6) is -1.84. The Morgan fingerprint density at radius 2 is 2.06 bits per heavy atom. The standard InChI is InChI=1S/C12H7BrClF2NO/c13-8-4-9(15)12(16)10(5-8)18-11-3-7(6-14)1-2-17-11/h1-5H,6H2. The van der Waals surface area contributed by atoms with Crippen molar-refractivity contribution in [2.24, 2.45) is 0 Å². The molecule has 1 aromatic heterocycles. The Labute approximate surface area is 116 Å². The first kappa shape index (κ1) is 13.2. The second kappa shape index (κ2) is 5.63. The third-order valence-corrected chi connectivity index (χ3v) is 2.89. The minimum Gasteiger partial charge on any atom is -0.436 e. The van der Waals surface area contributed by atoms with Crippen molar-refractivity contribution in [3.8, 4) is 11.6 Å². The van der Waals surface area contributed by atoms with Gasteiger partial charge >= 0.3 is 0 Å². The van der Waals surface area contributed by atoms with Crippen LogP contribution in [-0.2, 0) is 5.88 Å². The number of alkyl halides is 1. The van der Waals surface area contributed by atoms with Crippen LogP contribution < -0.4 is 4.74 Å². The second-order valence-electron chi connectivity index (χ2n) is 3.44. The molecule has 1 heterocycles. The van der Waals surface area contributed by atoms with Crippen LogP contribution in [0, 0.1) is 11.6 Å². The van der Waals surface area contributed by atoms with Gasteiger partial charge in [0.1, 0.15) is 0 Å². The van der Waals surface area contributed by atoms with E-state index in [1.54, 1.807) is 12.1 Å². The van der Waals surface area contributed by atoms with Crippen molar-refractivity contribution in [1.29, 1.82) is 0 Å². The molecule has 0 spiro atoms. The van der Waals surface area contributed by atoms with E-state index in [1.807, 2.05) is 0 Å². The van der Waals surface area contributed by atoms with E-state index in [4.69, 9.17) is 16.3 Å². The van der Waals surface area contributed by atoms with Crippen molar-refractivity contribution in [2.45, 2.75) is 5.88 Å². The van der Waals surface area contributed by atoms with Crippen molar-refractivity contribution in [1.82, 2.24) is 4.98 Å². The molecular weight excluding hydrogens is 327 g/mol. The van der Waals surface area contributed by atoms with Gasteiger partial charge in [-0.1, -0.05) is 15.9 Å². The fourth-order valence-corrected chi connectivity index (χ4v) is 1.88. The van der Waals surface area contributed by atoms with Gasteiger partial charge in [0.15, 0.2) is 11.6 Å². The number of rotatable bonds is 3. The summed E-state index contributed by atoms with van der Waals surface area (Å²) in [6.07, 6.45) is 1.49. The Hall–Kier alpha value is -1.20. The fourth-order valence-electron chi connectivity index (χ4n) is 1.31. The van der Waals surface area contributed by atoms with Gasteiger partial charge in [-0.3, -0.25) is 0 Å². The zero-order valence-corrected chi connectivity index (χ0v) is 11.3. The summed E-state index contributed by atoms with van der Waals surface area (Å²) in [4.78, 5) is 3.90. The molecule has 0 saturated carbocycles. The van der Waals surface area contributed by atoms with Gasteiger partial charge in [-0.05, 0) is 23.8 Å². The van der Waals surface area contributed by atoms with E-state index in [-0.39, 0.29) is 17.5 Å². The van der Waals surface area contributed by atoms with Crippen LogP contribution in [0.3, 0.4) is 0 Å². The van der Waals surface area contributed by atoms with E-state index in [2.05, 4.69) is 20.9 Å². The van der Waals surface area contributed by atoms with Gasteiger partial charge in [-0.15, -0.1) is 11.6 Å². The number of hydrogen-bond acceptors (Lipinski definition) is 2. The third kappa shape index (κ3) is 2.97. The predicted octanol–water partition coefficient (Wildman–Crippen LogP) is 4.65. The molecule has 0 bridgehead atoms. The number of pyridine rings is 1. The lowest BCUT2D eigenvalue weighted by molar-refractivity contribution is 0.404. The van der Waals surface area contributed by atoms with Crippen LogP contribution in [0.2, 0.25) is 0 Å². The number of ether oxygens (including phenoxy) is 1. The molecular formula is C12H7BrClF2NO. The van der Waals surface area contributed by atoms with E-state index in [9.17, 15) is 8.78 Å². The highest BCUT2D eigenvalue weighted by molar-refractivity contribution is 9.10. The van der Waals surface area contributed by atoms with Crippen LogP contribution in [0.1, 0.15) is 5.56 Å². The van der Waals surface area contributed by atoms with Gasteiger partial charge in [-0.2, -0.15) is 4.39 Å². The van der Waals surface area contributed by atoms with E-state index < -0.39 is 11.6 Å². The molecule has 1 aromatic carbocycles. The molecule has 2 aromatic rings. The van der Waals surface area contributed by atoms with Crippen molar-refractivity contribution in [2.75, 3.05) is 0 Å². The topological polar surface area (TPSA) is 22.1 Å². The molecule has 0 saturated heterocycles. The SMILES string of the molecule is Fc1cc(Br)cc(Oc2cc(CCl)ccn2)c1F. The molecule has 2 nitrogen and oxygen atoms in total. The molecule has 0 unspecified atom stereocenters. The molecule has 0 radical (unpaired) electrons. The lowest BCUT2D eigenvalue weighted by Gasteiger charge is -2.07. The van der Waals surface area contributed by atoms with Crippen LogP contribution in [-0.4, -0.2) is 4.98 Å². The summed E-state index contributed by atoms with van der Waals surface area (Å²) >= 11 is 8.72. The molecule has 0 amide bonds. The predicted molar refractivity (Wildman–Crippen MR) is 67.9 cm³/mol. The number of hydrogen-bond donors (Lipinski definition) is 0. The van der Waals surface area contributed by atoms with E-state index in [1.165, 1.54) is 12.3 Å². The first-order valence-electron chi connectivity index (χ1n) is 4.93. The maximum atomic E-state index is 13.5. The normalized spacial score (nSPS) is 10.4. The summed E-state index contributed by atoms with van der Waals surface area (Å²) in [6, 6.07) is 5.61. The van der Waals surface area contributed by atoms with Crippen molar-refractivity contribution in [3.63, 3.8) is 0 Å². The van der Waals surface area contributed by atoms with Gasteiger partial charge in [-0.25, -0.2) is 9.37 Å². The maximum Gasteiger partial charge on any atom is 0.219 e. The van der Waals surface area contributed by atoms with E-state index in [0.717, 1.165) is 11.6 Å². The summed E-state index contributed by atoms with van der Waals surface area (Å²) in [5.41, 5.74) is 0.776. The number of nitrogens with zero attached hydrogens (tertiary/aromatic N) is 1. The smallest absolute Gasteiger partial charge is 0.219 e. The second-order valence-corrected chi connectivity index (χ2v) is 4.62. The number of aromatic nitrogens is 1. The highest BCUT2D eigenvalue weighted by atomic mass is 79.9. The fraction of sp³-hybridized carbons (Fsp3) is 0.0833. The largest absolute Gasteiger partial charge is 0.436 e. The number of halogens is 4. The molecule has 94 valence electrons. The maximum absolute atomic E-state index is 13.5. The van der Waals surface area contributed by atoms with Gasteiger partial charge < -0.3 is 4.74 Å². The molecule has 0 aliphatic heterocycles. The molecule has 6 heteroatoms. The Bertz CT molecular complexity index is 580. The molecule has 0 aliphatic carbocycles. The molecule has 18 heavy (non-hydrogen) atoms. The van der Waals surface area contributed by atoms with Gasteiger partial charge in [0.2, 0.25) is 11.7 Å². The minimum atomic E-state index is -1.06. The molecule has 0 atom stereocenters. The summed E-state index contributed by atoms with van der Waals surface area (Å²) in [7, 11) is 0. The summed E-state index contributed by atoms with van der Waals surface area (Å²) in [6.45, 7) is 0. The Morgan fingerprint density at radius 3 is 2.78 bits per heavy atom. The first-order valence-corrected chi connectivity index (χ1v) is 6.26. The van der Waals surface area contributed by atoms with Crippen LogP contribution in [0.15, 0.2) is 34.9 Å². The highest BCUT2D eigenvalue weighted by Crippen LogP contribution is 2.29. The lowest BCUT2D eigenvalue weighted by atomic mass is 10.3. The Morgan fingerprint density at radius 1 is 1.28 bits per heavy atom. The number of benzene rings is 1. The molecule has 0 aliphatic rings. The summed E-state index contributed by atoms with van der Waals surface area (Å²) < 4.78 is 32.2. The van der Waals surface area contributed by atoms with Gasteiger partial charge in [0.05, 0.1) is 0 Å². The van der Waals surface area contributed by atoms with Crippen LogP contribution in [0.25, 0.3) is 0 Å². The molecule has 0 fully saturated rings. The highest BCUT2D eigenvalue weighted by Gasteiger charge is 2.12. The Balaban J connectivity index is 2.33. The monoisotopic (exact) mass is 333 g/mol. The molecule has 0 N–H and O–H groups in total. The lowest BCUT2D eigenvalue weighted by Crippen LogP contribution is -1.94. The van der Waals surface area contributed by atoms with Crippen molar-refractivity contribution >= 4 is 27.5 Å². The average molecular weight is 335 g/mol. The van der Waals surface area contributed by atoms with Gasteiger partial charge in [0.25, 0.3) is 0 Å². The third-order valence-electron chi connectivity index (χ3n) is 2.13. The Kier molecular flexibility index (Phi) is 4.14. The van der Waals surface area contributed by atoms with Crippen LogP contribution in [0.4, 0.5) is 8.78 Å². The molecule has 2 rings (SSSR count). The van der Waals surface area contributed by atoms with E-state index in [0.29, 0.717) is 4.47 Å². The van der Waals surface area contributed by atoms with Gasteiger partial charge in [0, 0.05) is 22.6 Å². The summed E-state index contributed by atoms with van der Waals surface area (Å²) in [5, 5.41) is 0. The van der Waals surface area contributed by atoms with Crippen LogP contribution >= 0.6 is 27.5 Å². The quantitative estimate of drug-likeness (QED) is 0.602. The van der Waals surface area contributed by atoms with Crippen molar-refractivity contribution in [3.05, 3.63) is 52.1 Å².